The summed E-state index contributed by atoms with van der Waals surface area (Å²) < 4.78 is 7.05. The highest BCUT2D eigenvalue weighted by Gasteiger charge is 2.01. The fourth-order valence-electron chi connectivity index (χ4n) is 1.03. The number of amides is 1. The molecule has 0 spiro atoms. The lowest BCUT2D eigenvalue weighted by Gasteiger charge is -2.04. The minimum absolute atomic E-state index is 0.0184. The van der Waals surface area contributed by atoms with E-state index in [1.807, 2.05) is 0 Å². The number of aryl methyl sites for hydroxylation is 1. The van der Waals surface area contributed by atoms with Crippen molar-refractivity contribution < 1.29 is 9.53 Å². The van der Waals surface area contributed by atoms with Crippen LogP contribution in [0.5, 0.6) is 0 Å². The normalized spacial score (nSPS) is 10.2. The molecule has 1 aromatic heterocycles. The van der Waals surface area contributed by atoms with E-state index < -0.39 is 0 Å². The van der Waals surface area contributed by atoms with Crippen molar-refractivity contribution >= 4 is 18.1 Å². The van der Waals surface area contributed by atoms with Crippen molar-refractivity contribution in [2.24, 2.45) is 0 Å². The van der Waals surface area contributed by atoms with Crippen molar-refractivity contribution in [2.45, 2.75) is 13.0 Å². The molecule has 1 amide bonds. The molecular weight excluding hydrogens is 216 g/mol. The molecule has 15 heavy (non-hydrogen) atoms. The monoisotopic (exact) mass is 230 g/mol. The molecule has 84 valence electrons. The second-order valence-corrected chi connectivity index (χ2v) is 3.33. The van der Waals surface area contributed by atoms with E-state index in [9.17, 15) is 4.79 Å². The SMILES string of the molecule is COCCNC(=O)CCn1cn[nH]c1=S. The number of nitrogens with zero attached hydrogens (tertiary/aromatic N) is 2. The summed E-state index contributed by atoms with van der Waals surface area (Å²) in [4.78, 5) is 11.3. The van der Waals surface area contributed by atoms with Gasteiger partial charge in [0, 0.05) is 26.6 Å². The predicted molar refractivity (Wildman–Crippen MR) is 56.9 cm³/mol. The van der Waals surface area contributed by atoms with Gasteiger partial charge in [-0.3, -0.25) is 9.89 Å². The molecule has 0 saturated heterocycles. The molecule has 1 heterocycles. The van der Waals surface area contributed by atoms with E-state index in [1.54, 1.807) is 18.0 Å². The maximum absolute atomic E-state index is 11.3. The summed E-state index contributed by atoms with van der Waals surface area (Å²) in [7, 11) is 1.59. The van der Waals surface area contributed by atoms with E-state index in [0.29, 0.717) is 30.9 Å². The summed E-state index contributed by atoms with van der Waals surface area (Å²) in [5, 5.41) is 9.10. The second kappa shape index (κ2) is 6.31. The van der Waals surface area contributed by atoms with Gasteiger partial charge in [0.15, 0.2) is 4.77 Å². The second-order valence-electron chi connectivity index (χ2n) is 2.95. The Balaban J connectivity index is 2.23. The molecule has 0 saturated carbocycles. The lowest BCUT2D eigenvalue weighted by molar-refractivity contribution is -0.121. The zero-order valence-electron chi connectivity index (χ0n) is 8.52. The van der Waals surface area contributed by atoms with Crippen molar-refractivity contribution in [3.63, 3.8) is 0 Å². The summed E-state index contributed by atoms with van der Waals surface area (Å²) in [6.07, 6.45) is 1.96. The van der Waals surface area contributed by atoms with Gasteiger partial charge < -0.3 is 14.6 Å². The first-order chi connectivity index (χ1) is 7.24. The molecule has 0 bridgehead atoms. The van der Waals surface area contributed by atoms with Crippen LogP contribution in [-0.4, -0.2) is 40.9 Å². The van der Waals surface area contributed by atoms with Crippen LogP contribution in [-0.2, 0) is 16.1 Å². The smallest absolute Gasteiger partial charge is 0.221 e. The molecule has 7 heteroatoms. The Morgan fingerprint density at radius 3 is 3.20 bits per heavy atom. The Morgan fingerprint density at radius 1 is 1.80 bits per heavy atom. The molecule has 0 atom stereocenters. The Labute approximate surface area is 92.6 Å². The number of carbonyl (C=O) groups excluding carboxylic acids is 1. The molecule has 0 aliphatic carbocycles. The van der Waals surface area contributed by atoms with Crippen LogP contribution in [0, 0.1) is 4.77 Å². The van der Waals surface area contributed by atoms with Gasteiger partial charge in [-0.05, 0) is 12.2 Å². The Morgan fingerprint density at radius 2 is 2.60 bits per heavy atom. The van der Waals surface area contributed by atoms with E-state index >= 15 is 0 Å². The molecule has 0 radical (unpaired) electrons. The first-order valence-electron chi connectivity index (χ1n) is 4.59. The van der Waals surface area contributed by atoms with Crippen LogP contribution in [0.3, 0.4) is 0 Å². The summed E-state index contributed by atoms with van der Waals surface area (Å²) in [5.74, 6) is -0.0184. The third-order valence-electron chi connectivity index (χ3n) is 1.83. The zero-order chi connectivity index (χ0) is 11.1. The third-order valence-corrected chi connectivity index (χ3v) is 2.15. The number of aromatic amines is 1. The minimum Gasteiger partial charge on any atom is -0.383 e. The molecule has 0 unspecified atom stereocenters. The molecule has 0 aliphatic heterocycles. The fraction of sp³-hybridized carbons (Fsp3) is 0.625. The van der Waals surface area contributed by atoms with E-state index in [2.05, 4.69) is 15.5 Å². The predicted octanol–water partition coefficient (Wildman–Crippen LogP) is 0.0934. The van der Waals surface area contributed by atoms with Gasteiger partial charge in [-0.1, -0.05) is 0 Å². The first-order valence-corrected chi connectivity index (χ1v) is 5.00. The number of hydrogen-bond acceptors (Lipinski definition) is 4. The Bertz CT molecular complexity index is 360. The van der Waals surface area contributed by atoms with Crippen molar-refractivity contribution in [3.05, 3.63) is 11.1 Å². The molecule has 1 aromatic rings. The van der Waals surface area contributed by atoms with Gasteiger partial charge in [0.05, 0.1) is 6.61 Å². The van der Waals surface area contributed by atoms with Crippen LogP contribution >= 0.6 is 12.2 Å². The van der Waals surface area contributed by atoms with E-state index in [4.69, 9.17) is 17.0 Å². The van der Waals surface area contributed by atoms with Crippen molar-refractivity contribution in [3.8, 4) is 0 Å². The largest absolute Gasteiger partial charge is 0.383 e. The van der Waals surface area contributed by atoms with Crippen LogP contribution in [0.4, 0.5) is 0 Å². The lowest BCUT2D eigenvalue weighted by Crippen LogP contribution is -2.27. The van der Waals surface area contributed by atoms with Gasteiger partial charge in [0.2, 0.25) is 5.91 Å². The highest BCUT2D eigenvalue weighted by Crippen LogP contribution is 1.91. The number of ether oxygens (including phenoxy) is 1. The summed E-state index contributed by atoms with van der Waals surface area (Å²) >= 11 is 4.94. The third kappa shape index (κ3) is 4.22. The van der Waals surface area contributed by atoms with Crippen molar-refractivity contribution in [1.29, 1.82) is 0 Å². The van der Waals surface area contributed by atoms with Crippen LogP contribution in [0.25, 0.3) is 0 Å². The van der Waals surface area contributed by atoms with Crippen molar-refractivity contribution in [1.82, 2.24) is 20.1 Å². The molecule has 2 N–H and O–H groups in total. The van der Waals surface area contributed by atoms with E-state index in [1.165, 1.54) is 0 Å². The summed E-state index contributed by atoms with van der Waals surface area (Å²) in [6, 6.07) is 0. The lowest BCUT2D eigenvalue weighted by atomic mass is 10.4. The number of hydrogen-bond donors (Lipinski definition) is 2. The van der Waals surface area contributed by atoms with Gasteiger partial charge in [-0.25, -0.2) is 0 Å². The highest BCUT2D eigenvalue weighted by atomic mass is 32.1. The molecule has 1 rings (SSSR count). The maximum atomic E-state index is 11.3. The summed E-state index contributed by atoms with van der Waals surface area (Å²) in [6.45, 7) is 1.59. The Hall–Kier alpha value is -1.21. The van der Waals surface area contributed by atoms with Gasteiger partial charge in [-0.15, -0.1) is 0 Å². The van der Waals surface area contributed by atoms with Gasteiger partial charge in [0.1, 0.15) is 6.33 Å². The van der Waals surface area contributed by atoms with Crippen molar-refractivity contribution in [2.75, 3.05) is 20.3 Å². The number of rotatable bonds is 6. The number of H-pyrrole nitrogens is 1. The van der Waals surface area contributed by atoms with E-state index in [-0.39, 0.29) is 5.91 Å². The highest BCUT2D eigenvalue weighted by molar-refractivity contribution is 7.71. The topological polar surface area (TPSA) is 71.9 Å². The van der Waals surface area contributed by atoms with Crippen LogP contribution in [0.15, 0.2) is 6.33 Å². The van der Waals surface area contributed by atoms with Gasteiger partial charge in [0.25, 0.3) is 0 Å². The quantitative estimate of drug-likeness (QED) is 0.537. The molecule has 0 fully saturated rings. The first kappa shape index (κ1) is 11.9. The molecule has 6 nitrogen and oxygen atoms in total. The zero-order valence-corrected chi connectivity index (χ0v) is 9.34. The standard InChI is InChI=1S/C8H14N4O2S/c1-14-5-3-9-7(13)2-4-12-6-10-11-8(12)15/h6H,2-5H2,1H3,(H,9,13)(H,11,15). The molecular formula is C8H14N4O2S. The average Bonchev–Trinajstić information content (AvgIpc) is 2.61. The minimum atomic E-state index is -0.0184. The van der Waals surface area contributed by atoms with Crippen LogP contribution in [0.1, 0.15) is 6.42 Å². The van der Waals surface area contributed by atoms with Gasteiger partial charge in [-0.2, -0.15) is 5.10 Å². The number of nitrogens with one attached hydrogen (secondary N) is 2. The molecule has 0 aliphatic rings. The average molecular weight is 230 g/mol. The van der Waals surface area contributed by atoms with E-state index in [0.717, 1.165) is 0 Å². The number of methoxy groups -OCH3 is 1. The van der Waals surface area contributed by atoms with Gasteiger partial charge >= 0.3 is 0 Å². The Kier molecular flexibility index (Phi) is 4.99. The summed E-state index contributed by atoms with van der Waals surface area (Å²) in [5.41, 5.74) is 0. The molecule has 0 aromatic carbocycles. The van der Waals surface area contributed by atoms with Crippen LogP contribution in [0.2, 0.25) is 0 Å². The maximum Gasteiger partial charge on any atom is 0.221 e. The van der Waals surface area contributed by atoms with Crippen LogP contribution < -0.4 is 5.32 Å². The fourth-order valence-corrected chi connectivity index (χ4v) is 1.22. The number of aromatic nitrogens is 3. The number of carbonyl (C=O) groups is 1.